The number of hydrogen-bond donors (Lipinski definition) is 1. The quantitative estimate of drug-likeness (QED) is 0.612. The molecule has 0 radical (unpaired) electrons. The first-order chi connectivity index (χ1) is 12.6. The number of carbonyl (C=O) groups is 1. The van der Waals surface area contributed by atoms with Gasteiger partial charge in [-0.3, -0.25) is 4.79 Å². The summed E-state index contributed by atoms with van der Waals surface area (Å²) in [6.07, 6.45) is 0. The minimum absolute atomic E-state index is 0.168. The summed E-state index contributed by atoms with van der Waals surface area (Å²) < 4.78 is 20.1. The van der Waals surface area contributed by atoms with E-state index in [1.165, 1.54) is 16.6 Å². The number of carbonyl (C=O) groups excluding carboxylic acids is 1. The van der Waals surface area contributed by atoms with Crippen molar-refractivity contribution >= 4 is 11.8 Å². The van der Waals surface area contributed by atoms with Crippen LogP contribution in [-0.2, 0) is 6.54 Å². The van der Waals surface area contributed by atoms with Crippen molar-refractivity contribution in [3.8, 4) is 11.4 Å². The van der Waals surface area contributed by atoms with Crippen LogP contribution in [0.15, 0.2) is 59.0 Å². The van der Waals surface area contributed by atoms with Gasteiger partial charge in [0.05, 0.1) is 5.69 Å². The SMILES string of the molecule is Cc1c(C(=O)NCc2ccccc2)oc2nc(-c3ccc(F)cc3)nn12. The summed E-state index contributed by atoms with van der Waals surface area (Å²) in [6, 6.07) is 15.5. The molecule has 7 heteroatoms. The Labute approximate surface area is 148 Å². The highest BCUT2D eigenvalue weighted by atomic mass is 19.1. The minimum Gasteiger partial charge on any atom is -0.416 e. The van der Waals surface area contributed by atoms with Crippen molar-refractivity contribution in [3.05, 3.63) is 77.4 Å². The molecule has 1 amide bonds. The monoisotopic (exact) mass is 350 g/mol. The van der Waals surface area contributed by atoms with Gasteiger partial charge < -0.3 is 9.73 Å². The van der Waals surface area contributed by atoms with Gasteiger partial charge in [0.2, 0.25) is 5.76 Å². The van der Waals surface area contributed by atoms with E-state index in [2.05, 4.69) is 15.4 Å². The van der Waals surface area contributed by atoms with Crippen LogP contribution < -0.4 is 5.32 Å². The van der Waals surface area contributed by atoms with Gasteiger partial charge in [0.1, 0.15) is 5.82 Å². The van der Waals surface area contributed by atoms with Crippen molar-refractivity contribution in [1.82, 2.24) is 19.9 Å². The fourth-order valence-electron chi connectivity index (χ4n) is 2.63. The topological polar surface area (TPSA) is 72.4 Å². The Hall–Kier alpha value is -3.48. The second-order valence-electron chi connectivity index (χ2n) is 5.82. The number of benzene rings is 2. The van der Waals surface area contributed by atoms with Crippen molar-refractivity contribution in [2.45, 2.75) is 13.5 Å². The molecule has 0 bridgehead atoms. The molecule has 2 heterocycles. The first-order valence-electron chi connectivity index (χ1n) is 8.06. The molecule has 130 valence electrons. The lowest BCUT2D eigenvalue weighted by molar-refractivity contribution is 0.0924. The number of aryl methyl sites for hydroxylation is 1. The number of nitrogens with one attached hydrogen (secondary N) is 1. The van der Waals surface area contributed by atoms with E-state index in [1.807, 2.05) is 30.3 Å². The van der Waals surface area contributed by atoms with Crippen molar-refractivity contribution in [2.75, 3.05) is 0 Å². The zero-order valence-electron chi connectivity index (χ0n) is 13.9. The van der Waals surface area contributed by atoms with Gasteiger partial charge in [0, 0.05) is 12.1 Å². The molecule has 0 fully saturated rings. The van der Waals surface area contributed by atoms with Crippen LogP contribution in [0.2, 0.25) is 0 Å². The predicted octanol–water partition coefficient (Wildman–Crippen LogP) is 3.37. The van der Waals surface area contributed by atoms with Gasteiger partial charge in [-0.1, -0.05) is 30.3 Å². The highest BCUT2D eigenvalue weighted by Crippen LogP contribution is 2.20. The van der Waals surface area contributed by atoms with Crippen molar-refractivity contribution in [3.63, 3.8) is 0 Å². The lowest BCUT2D eigenvalue weighted by Gasteiger charge is -2.03. The highest BCUT2D eigenvalue weighted by molar-refractivity contribution is 5.92. The van der Waals surface area contributed by atoms with Crippen LogP contribution in [-0.4, -0.2) is 20.5 Å². The van der Waals surface area contributed by atoms with Crippen LogP contribution in [0.5, 0.6) is 0 Å². The van der Waals surface area contributed by atoms with Gasteiger partial charge in [-0.15, -0.1) is 5.10 Å². The van der Waals surface area contributed by atoms with Crippen molar-refractivity contribution < 1.29 is 13.6 Å². The zero-order chi connectivity index (χ0) is 18.1. The number of hydrogen-bond acceptors (Lipinski definition) is 4. The third-order valence-corrected chi connectivity index (χ3v) is 4.02. The molecular formula is C19H15FN4O2. The molecule has 0 saturated heterocycles. The van der Waals surface area contributed by atoms with E-state index in [9.17, 15) is 9.18 Å². The Morgan fingerprint density at radius 3 is 2.58 bits per heavy atom. The van der Waals surface area contributed by atoms with E-state index < -0.39 is 0 Å². The molecule has 0 saturated carbocycles. The summed E-state index contributed by atoms with van der Waals surface area (Å²) in [5, 5.41) is 7.16. The number of nitrogens with zero attached hydrogens (tertiary/aromatic N) is 3. The molecule has 4 aromatic rings. The Bertz CT molecular complexity index is 1070. The number of fused-ring (bicyclic) bond motifs is 1. The molecule has 1 N–H and O–H groups in total. The average Bonchev–Trinajstić information content (AvgIpc) is 3.21. The smallest absolute Gasteiger partial charge is 0.325 e. The molecule has 0 atom stereocenters. The highest BCUT2D eigenvalue weighted by Gasteiger charge is 2.21. The molecular weight excluding hydrogens is 335 g/mol. The Morgan fingerprint density at radius 1 is 1.15 bits per heavy atom. The normalized spacial score (nSPS) is 11.0. The van der Waals surface area contributed by atoms with Crippen molar-refractivity contribution in [1.29, 1.82) is 0 Å². The summed E-state index contributed by atoms with van der Waals surface area (Å²) >= 11 is 0. The van der Waals surface area contributed by atoms with Crippen LogP contribution in [0.1, 0.15) is 21.8 Å². The lowest BCUT2D eigenvalue weighted by Crippen LogP contribution is -2.23. The van der Waals surface area contributed by atoms with E-state index in [1.54, 1.807) is 19.1 Å². The molecule has 6 nitrogen and oxygen atoms in total. The van der Waals surface area contributed by atoms with Crippen LogP contribution in [0.4, 0.5) is 4.39 Å². The second-order valence-corrected chi connectivity index (χ2v) is 5.82. The third kappa shape index (κ3) is 2.95. The molecule has 0 spiro atoms. The number of amides is 1. The zero-order valence-corrected chi connectivity index (χ0v) is 13.9. The summed E-state index contributed by atoms with van der Waals surface area (Å²) in [4.78, 5) is 16.7. The Morgan fingerprint density at radius 2 is 1.88 bits per heavy atom. The van der Waals surface area contributed by atoms with E-state index in [4.69, 9.17) is 4.42 Å². The van der Waals surface area contributed by atoms with Gasteiger partial charge in [-0.05, 0) is 36.8 Å². The maximum atomic E-state index is 13.0. The second kappa shape index (κ2) is 6.44. The van der Waals surface area contributed by atoms with E-state index in [-0.39, 0.29) is 23.3 Å². The fraction of sp³-hybridized carbons (Fsp3) is 0.105. The largest absolute Gasteiger partial charge is 0.416 e. The molecule has 4 rings (SSSR count). The van der Waals surface area contributed by atoms with Gasteiger partial charge in [0.15, 0.2) is 5.82 Å². The first-order valence-corrected chi connectivity index (χ1v) is 8.06. The van der Waals surface area contributed by atoms with Crippen LogP contribution >= 0.6 is 0 Å². The molecule has 2 aromatic heterocycles. The summed E-state index contributed by atoms with van der Waals surface area (Å²) in [7, 11) is 0. The predicted molar refractivity (Wildman–Crippen MR) is 93.0 cm³/mol. The van der Waals surface area contributed by atoms with E-state index in [0.29, 0.717) is 23.6 Å². The lowest BCUT2D eigenvalue weighted by atomic mass is 10.2. The number of aromatic nitrogens is 3. The molecule has 26 heavy (non-hydrogen) atoms. The number of oxazole rings is 1. The summed E-state index contributed by atoms with van der Waals surface area (Å²) in [5.41, 5.74) is 2.21. The summed E-state index contributed by atoms with van der Waals surface area (Å²) in [6.45, 7) is 2.13. The van der Waals surface area contributed by atoms with Crippen LogP contribution in [0.3, 0.4) is 0 Å². The standard InChI is InChI=1S/C19H15FN4O2/c1-12-16(18(25)21-11-13-5-3-2-4-6-13)26-19-22-17(23-24(12)19)14-7-9-15(20)10-8-14/h2-10H,11H2,1H3,(H,21,25). The molecule has 2 aromatic carbocycles. The van der Waals surface area contributed by atoms with E-state index in [0.717, 1.165) is 5.56 Å². The Kier molecular flexibility index (Phi) is 3.96. The van der Waals surface area contributed by atoms with Crippen LogP contribution in [0, 0.1) is 12.7 Å². The molecule has 0 aliphatic rings. The van der Waals surface area contributed by atoms with Crippen molar-refractivity contribution in [2.24, 2.45) is 0 Å². The van der Waals surface area contributed by atoms with Gasteiger partial charge in [-0.2, -0.15) is 9.50 Å². The Balaban J connectivity index is 1.57. The maximum Gasteiger partial charge on any atom is 0.325 e. The fourth-order valence-corrected chi connectivity index (χ4v) is 2.63. The molecule has 0 aliphatic heterocycles. The molecule has 0 unspecified atom stereocenters. The van der Waals surface area contributed by atoms with Crippen LogP contribution in [0.25, 0.3) is 17.2 Å². The van der Waals surface area contributed by atoms with E-state index >= 15 is 0 Å². The van der Waals surface area contributed by atoms with Gasteiger partial charge in [0.25, 0.3) is 5.91 Å². The number of rotatable bonds is 4. The average molecular weight is 350 g/mol. The molecule has 0 aliphatic carbocycles. The van der Waals surface area contributed by atoms with Gasteiger partial charge >= 0.3 is 5.84 Å². The third-order valence-electron chi connectivity index (χ3n) is 4.02. The minimum atomic E-state index is -0.331. The summed E-state index contributed by atoms with van der Waals surface area (Å²) in [5.74, 6) is 0.128. The first kappa shape index (κ1) is 16.0. The number of halogens is 1. The maximum absolute atomic E-state index is 13.0. The van der Waals surface area contributed by atoms with Gasteiger partial charge in [-0.25, -0.2) is 4.39 Å².